The summed E-state index contributed by atoms with van der Waals surface area (Å²) in [6.45, 7) is 3.86. The first-order valence-electron chi connectivity index (χ1n) is 9.34. The monoisotopic (exact) mass is 354 g/mol. The van der Waals surface area contributed by atoms with Gasteiger partial charge in [0.1, 0.15) is 5.82 Å². The van der Waals surface area contributed by atoms with Crippen molar-refractivity contribution in [2.75, 3.05) is 24.6 Å². The highest BCUT2D eigenvalue weighted by Gasteiger charge is 2.26. The van der Waals surface area contributed by atoms with Crippen molar-refractivity contribution in [3.8, 4) is 0 Å². The maximum absolute atomic E-state index is 12.4. The Labute approximate surface area is 154 Å². The lowest BCUT2D eigenvalue weighted by Crippen LogP contribution is -2.37. The van der Waals surface area contributed by atoms with E-state index in [9.17, 15) is 9.59 Å². The first-order valence-corrected chi connectivity index (χ1v) is 9.34. The summed E-state index contributed by atoms with van der Waals surface area (Å²) in [6, 6.07) is 12.0. The quantitative estimate of drug-likeness (QED) is 0.609. The predicted octanol–water partition coefficient (Wildman–Crippen LogP) is 3.61. The van der Waals surface area contributed by atoms with Crippen molar-refractivity contribution in [3.05, 3.63) is 53.7 Å². The molecule has 2 heterocycles. The Morgan fingerprint density at radius 1 is 1.19 bits per heavy atom. The number of nitrogens with one attached hydrogen (secondary N) is 1. The Morgan fingerprint density at radius 2 is 1.92 bits per heavy atom. The first kappa shape index (κ1) is 18.2. The molecule has 0 aliphatic carbocycles. The van der Waals surface area contributed by atoms with Gasteiger partial charge in [-0.05, 0) is 37.8 Å². The van der Waals surface area contributed by atoms with Crippen molar-refractivity contribution >= 4 is 17.6 Å². The molecule has 0 radical (unpaired) electrons. The second kappa shape index (κ2) is 8.70. The van der Waals surface area contributed by atoms with Gasteiger partial charge in [0.25, 0.3) is 0 Å². The summed E-state index contributed by atoms with van der Waals surface area (Å²) in [4.78, 5) is 29.7. The van der Waals surface area contributed by atoms with Crippen LogP contribution in [0.15, 0.2) is 42.6 Å². The minimum Gasteiger partial charge on any atom is -0.466 e. The fraction of sp³-hybridized carbons (Fsp3) is 0.429. The summed E-state index contributed by atoms with van der Waals surface area (Å²) in [6.07, 6.45) is 4.63. The molecular weight excluding hydrogens is 328 g/mol. The van der Waals surface area contributed by atoms with E-state index in [0.717, 1.165) is 43.7 Å². The number of piperidine rings is 1. The van der Waals surface area contributed by atoms with E-state index in [4.69, 9.17) is 4.74 Å². The molecule has 0 amide bonds. The fourth-order valence-corrected chi connectivity index (χ4v) is 3.39. The molecular formula is C21H26N2O3. The Balaban J connectivity index is 1.52. The van der Waals surface area contributed by atoms with Crippen molar-refractivity contribution in [3.63, 3.8) is 0 Å². The van der Waals surface area contributed by atoms with Crippen LogP contribution in [0.1, 0.15) is 42.1 Å². The molecule has 0 saturated carbocycles. The molecule has 26 heavy (non-hydrogen) atoms. The minimum absolute atomic E-state index is 0.00635. The Morgan fingerprint density at radius 3 is 2.62 bits per heavy atom. The number of hydrogen-bond acceptors (Lipinski definition) is 4. The molecule has 5 heteroatoms. The smallest absolute Gasteiger partial charge is 0.309 e. The zero-order valence-corrected chi connectivity index (χ0v) is 15.2. The number of aromatic nitrogens is 1. The minimum atomic E-state index is -0.0876. The molecule has 2 aromatic rings. The third-order valence-corrected chi connectivity index (χ3v) is 4.93. The molecule has 0 spiro atoms. The lowest BCUT2D eigenvalue weighted by atomic mass is 9.97. The van der Waals surface area contributed by atoms with Gasteiger partial charge in [-0.1, -0.05) is 30.3 Å². The Bertz CT molecular complexity index is 731. The topological polar surface area (TPSA) is 62.4 Å². The standard InChI is InChI=1S/C21H26N2O3/c1-2-26-21(25)17-10-12-23(13-11-17)20-14-18(15-22-20)19(24)9-8-16-6-4-3-5-7-16/h3-7,14-15,17,22H,2,8-13H2,1H3. The van der Waals surface area contributed by atoms with Gasteiger partial charge in [0, 0.05) is 31.3 Å². The molecule has 0 atom stereocenters. The molecule has 5 nitrogen and oxygen atoms in total. The van der Waals surface area contributed by atoms with Gasteiger partial charge in [0.2, 0.25) is 0 Å². The Kier molecular flexibility index (Phi) is 6.10. The van der Waals surface area contributed by atoms with E-state index in [1.165, 1.54) is 5.56 Å². The van der Waals surface area contributed by atoms with Crippen LogP contribution in [0.25, 0.3) is 0 Å². The molecule has 138 valence electrons. The number of rotatable bonds is 7. The SMILES string of the molecule is CCOC(=O)C1CCN(c2cc(C(=O)CCc3ccccc3)c[nH]2)CC1. The molecule has 1 aliphatic heterocycles. The van der Waals surface area contributed by atoms with E-state index >= 15 is 0 Å². The molecule has 1 saturated heterocycles. The average molecular weight is 354 g/mol. The number of hydrogen-bond donors (Lipinski definition) is 1. The van der Waals surface area contributed by atoms with Crippen LogP contribution in [0.4, 0.5) is 5.82 Å². The number of nitrogens with zero attached hydrogens (tertiary/aromatic N) is 1. The van der Waals surface area contributed by atoms with Crippen LogP contribution < -0.4 is 4.90 Å². The largest absolute Gasteiger partial charge is 0.466 e. The number of ether oxygens (including phenoxy) is 1. The molecule has 1 N–H and O–H groups in total. The predicted molar refractivity (Wildman–Crippen MR) is 101 cm³/mol. The number of carbonyl (C=O) groups excluding carboxylic acids is 2. The van der Waals surface area contributed by atoms with Crippen LogP contribution in [-0.2, 0) is 16.0 Å². The highest BCUT2D eigenvalue weighted by Crippen LogP contribution is 2.24. The van der Waals surface area contributed by atoms with Gasteiger partial charge >= 0.3 is 5.97 Å². The zero-order valence-electron chi connectivity index (χ0n) is 15.2. The van der Waals surface area contributed by atoms with Gasteiger partial charge < -0.3 is 14.6 Å². The number of Topliss-reactive ketones (excluding diaryl/α,β-unsaturated/α-hetero) is 1. The summed E-state index contributed by atoms with van der Waals surface area (Å²) in [5.41, 5.74) is 1.90. The third kappa shape index (κ3) is 4.54. The van der Waals surface area contributed by atoms with E-state index in [1.54, 1.807) is 6.20 Å². The number of H-pyrrole nitrogens is 1. The summed E-state index contributed by atoms with van der Waals surface area (Å²) >= 11 is 0. The normalized spacial score (nSPS) is 15.0. The third-order valence-electron chi connectivity index (χ3n) is 4.93. The van der Waals surface area contributed by atoms with Gasteiger partial charge in [-0.25, -0.2) is 0 Å². The van der Waals surface area contributed by atoms with Crippen molar-refractivity contribution in [2.24, 2.45) is 5.92 Å². The van der Waals surface area contributed by atoms with Crippen molar-refractivity contribution in [1.82, 2.24) is 4.98 Å². The number of aromatic amines is 1. The van der Waals surface area contributed by atoms with Gasteiger partial charge in [0.05, 0.1) is 12.5 Å². The number of esters is 1. The molecule has 1 fully saturated rings. The molecule has 1 aromatic carbocycles. The van der Waals surface area contributed by atoms with Gasteiger partial charge in [-0.15, -0.1) is 0 Å². The second-order valence-electron chi connectivity index (χ2n) is 6.70. The number of anilines is 1. The van der Waals surface area contributed by atoms with Crippen LogP contribution in [0.5, 0.6) is 0 Å². The number of ketones is 1. The van der Waals surface area contributed by atoms with Crippen LogP contribution in [0, 0.1) is 5.92 Å². The van der Waals surface area contributed by atoms with Crippen molar-refractivity contribution < 1.29 is 14.3 Å². The van der Waals surface area contributed by atoms with Crippen LogP contribution in [0.2, 0.25) is 0 Å². The molecule has 1 aliphatic rings. The van der Waals surface area contributed by atoms with E-state index < -0.39 is 0 Å². The highest BCUT2D eigenvalue weighted by atomic mass is 16.5. The molecule has 0 bridgehead atoms. The average Bonchev–Trinajstić information content (AvgIpc) is 3.17. The number of aryl methyl sites for hydroxylation is 1. The number of benzene rings is 1. The fourth-order valence-electron chi connectivity index (χ4n) is 3.39. The molecule has 3 rings (SSSR count). The lowest BCUT2D eigenvalue weighted by molar-refractivity contribution is -0.148. The van der Waals surface area contributed by atoms with Crippen LogP contribution >= 0.6 is 0 Å². The second-order valence-corrected chi connectivity index (χ2v) is 6.70. The van der Waals surface area contributed by atoms with Crippen molar-refractivity contribution in [1.29, 1.82) is 0 Å². The summed E-state index contributed by atoms with van der Waals surface area (Å²) in [7, 11) is 0. The van der Waals surface area contributed by atoms with Crippen LogP contribution in [-0.4, -0.2) is 36.4 Å². The van der Waals surface area contributed by atoms with Gasteiger partial charge in [-0.3, -0.25) is 9.59 Å². The zero-order chi connectivity index (χ0) is 18.4. The van der Waals surface area contributed by atoms with E-state index in [1.807, 2.05) is 43.3 Å². The number of carbonyl (C=O) groups is 2. The summed E-state index contributed by atoms with van der Waals surface area (Å²) in [5, 5.41) is 0. The first-order chi connectivity index (χ1) is 12.7. The molecule has 0 unspecified atom stereocenters. The summed E-state index contributed by atoms with van der Waals surface area (Å²) < 4.78 is 5.11. The maximum Gasteiger partial charge on any atom is 0.309 e. The molecule has 1 aromatic heterocycles. The van der Waals surface area contributed by atoms with Gasteiger partial charge in [-0.2, -0.15) is 0 Å². The van der Waals surface area contributed by atoms with E-state index in [0.29, 0.717) is 13.0 Å². The lowest BCUT2D eigenvalue weighted by Gasteiger charge is -2.31. The summed E-state index contributed by atoms with van der Waals surface area (Å²) in [5.74, 6) is 1.01. The maximum atomic E-state index is 12.4. The van der Waals surface area contributed by atoms with E-state index in [2.05, 4.69) is 9.88 Å². The van der Waals surface area contributed by atoms with Crippen molar-refractivity contribution in [2.45, 2.75) is 32.6 Å². The van der Waals surface area contributed by atoms with E-state index in [-0.39, 0.29) is 17.7 Å². The van der Waals surface area contributed by atoms with Crippen LogP contribution in [0.3, 0.4) is 0 Å². The highest BCUT2D eigenvalue weighted by molar-refractivity contribution is 5.97. The van der Waals surface area contributed by atoms with Gasteiger partial charge in [0.15, 0.2) is 5.78 Å². The Hall–Kier alpha value is -2.56.